The summed E-state index contributed by atoms with van der Waals surface area (Å²) in [6.07, 6.45) is 0. The van der Waals surface area contributed by atoms with E-state index in [0.717, 1.165) is 5.69 Å². The molecule has 4 N–H and O–H groups in total. The fraction of sp³-hybridized carbons (Fsp3) is 0.154. The van der Waals surface area contributed by atoms with Crippen LogP contribution in [0.25, 0.3) is 0 Å². The summed E-state index contributed by atoms with van der Waals surface area (Å²) in [6, 6.07) is 12.6. The Hall–Kier alpha value is -1.17. The predicted molar refractivity (Wildman–Crippen MR) is 101 cm³/mol. The van der Waals surface area contributed by atoms with Gasteiger partial charge in [0.05, 0.1) is 6.54 Å². The van der Waals surface area contributed by atoms with Crippen molar-refractivity contribution in [1.82, 2.24) is 4.72 Å². The fourth-order valence-corrected chi connectivity index (χ4v) is 3.61. The number of hydrogen-bond acceptors (Lipinski definition) is 4. The minimum atomic E-state index is -3.44. The van der Waals surface area contributed by atoms with Gasteiger partial charge >= 0.3 is 0 Å². The Labute approximate surface area is 150 Å². The summed E-state index contributed by atoms with van der Waals surface area (Å²) in [5.41, 5.74) is 6.55. The van der Waals surface area contributed by atoms with Crippen molar-refractivity contribution in [2.24, 2.45) is 10.7 Å². The summed E-state index contributed by atoms with van der Waals surface area (Å²) in [4.78, 5) is 4.06. The van der Waals surface area contributed by atoms with E-state index in [1.165, 1.54) is 11.3 Å². The Morgan fingerprint density at radius 1 is 1.18 bits per heavy atom. The van der Waals surface area contributed by atoms with Gasteiger partial charge in [-0.15, -0.1) is 35.3 Å². The molecule has 0 fully saturated rings. The number of aliphatic imine (C=N–C) groups is 1. The lowest BCUT2D eigenvalue weighted by Gasteiger charge is -2.06. The molecule has 22 heavy (non-hydrogen) atoms. The lowest BCUT2D eigenvalue weighted by Crippen LogP contribution is -2.28. The number of hydrogen-bond donors (Lipinski definition) is 3. The van der Waals surface area contributed by atoms with E-state index in [1.54, 1.807) is 17.5 Å². The summed E-state index contributed by atoms with van der Waals surface area (Å²) in [7, 11) is -3.44. The number of para-hydroxylation sites is 1. The first kappa shape index (κ1) is 18.9. The van der Waals surface area contributed by atoms with Crippen LogP contribution in [0, 0.1) is 0 Å². The highest BCUT2D eigenvalue weighted by Crippen LogP contribution is 2.14. The number of nitrogens with zero attached hydrogens (tertiary/aromatic N) is 1. The molecular weight excluding hydrogens is 435 g/mol. The molecule has 1 aromatic heterocycles. The van der Waals surface area contributed by atoms with Crippen molar-refractivity contribution in [1.29, 1.82) is 0 Å². The third-order valence-electron chi connectivity index (χ3n) is 2.49. The molecule has 0 spiro atoms. The van der Waals surface area contributed by atoms with E-state index in [0.29, 0.717) is 4.21 Å². The second kappa shape index (κ2) is 9.08. The van der Waals surface area contributed by atoms with Crippen LogP contribution in [0.3, 0.4) is 0 Å². The van der Waals surface area contributed by atoms with Crippen molar-refractivity contribution in [2.45, 2.75) is 4.21 Å². The molecule has 0 aliphatic heterocycles. The maximum atomic E-state index is 11.8. The van der Waals surface area contributed by atoms with Gasteiger partial charge in [-0.1, -0.05) is 24.3 Å². The average Bonchev–Trinajstić information content (AvgIpc) is 3.00. The monoisotopic (exact) mass is 452 g/mol. The molecule has 0 amide bonds. The molecule has 0 aliphatic rings. The first-order chi connectivity index (χ1) is 10.1. The van der Waals surface area contributed by atoms with E-state index in [-0.39, 0.29) is 43.0 Å². The van der Waals surface area contributed by atoms with Crippen LogP contribution in [0.4, 0.5) is 5.69 Å². The van der Waals surface area contributed by atoms with E-state index in [4.69, 9.17) is 5.73 Å². The Morgan fingerprint density at radius 2 is 1.91 bits per heavy atom. The topological polar surface area (TPSA) is 96.6 Å². The zero-order chi connectivity index (χ0) is 15.1. The Morgan fingerprint density at radius 3 is 2.55 bits per heavy atom. The zero-order valence-electron chi connectivity index (χ0n) is 11.6. The van der Waals surface area contributed by atoms with Crippen molar-refractivity contribution >= 4 is 57.0 Å². The SMILES string of the molecule is I.NC(=NCCNS(=O)(=O)c1cccs1)Nc1ccccc1. The lowest BCUT2D eigenvalue weighted by atomic mass is 10.3. The van der Waals surface area contributed by atoms with Gasteiger partial charge in [-0.25, -0.2) is 13.1 Å². The highest BCUT2D eigenvalue weighted by Gasteiger charge is 2.13. The van der Waals surface area contributed by atoms with Gasteiger partial charge in [0, 0.05) is 12.2 Å². The predicted octanol–water partition coefficient (Wildman–Crippen LogP) is 2.07. The van der Waals surface area contributed by atoms with Crippen LogP contribution in [0.5, 0.6) is 0 Å². The van der Waals surface area contributed by atoms with E-state index in [9.17, 15) is 8.42 Å². The first-order valence-electron chi connectivity index (χ1n) is 6.23. The third-order valence-corrected chi connectivity index (χ3v) is 5.35. The Bertz CT molecular complexity index is 688. The molecule has 120 valence electrons. The van der Waals surface area contributed by atoms with Crippen LogP contribution in [-0.2, 0) is 10.0 Å². The third kappa shape index (κ3) is 5.91. The van der Waals surface area contributed by atoms with Crippen LogP contribution in [0.2, 0.25) is 0 Å². The van der Waals surface area contributed by atoms with Crippen LogP contribution in [0.15, 0.2) is 57.0 Å². The largest absolute Gasteiger partial charge is 0.370 e. The minimum Gasteiger partial charge on any atom is -0.370 e. The van der Waals surface area contributed by atoms with Crippen LogP contribution in [-0.4, -0.2) is 27.5 Å². The number of benzene rings is 1. The van der Waals surface area contributed by atoms with E-state index in [1.807, 2.05) is 30.3 Å². The van der Waals surface area contributed by atoms with Gasteiger partial charge in [0.1, 0.15) is 4.21 Å². The number of thiophene rings is 1. The summed E-state index contributed by atoms with van der Waals surface area (Å²) < 4.78 is 26.4. The van der Waals surface area contributed by atoms with Crippen molar-refractivity contribution in [3.63, 3.8) is 0 Å². The Balaban J connectivity index is 0.00000242. The number of guanidine groups is 1. The Kier molecular flexibility index (Phi) is 7.79. The highest BCUT2D eigenvalue weighted by atomic mass is 127. The molecule has 0 saturated carbocycles. The quantitative estimate of drug-likeness (QED) is 0.271. The summed E-state index contributed by atoms with van der Waals surface area (Å²) in [6.45, 7) is 0.452. The number of anilines is 1. The van der Waals surface area contributed by atoms with Gasteiger partial charge in [-0.2, -0.15) is 0 Å². The number of halogens is 1. The van der Waals surface area contributed by atoms with E-state index < -0.39 is 10.0 Å². The molecule has 2 rings (SSSR count). The van der Waals surface area contributed by atoms with E-state index >= 15 is 0 Å². The van der Waals surface area contributed by atoms with Gasteiger partial charge < -0.3 is 11.1 Å². The molecule has 0 radical (unpaired) electrons. The molecule has 6 nitrogen and oxygen atoms in total. The maximum absolute atomic E-state index is 11.8. The first-order valence-corrected chi connectivity index (χ1v) is 8.59. The molecule has 0 unspecified atom stereocenters. The maximum Gasteiger partial charge on any atom is 0.250 e. The van der Waals surface area contributed by atoms with Crippen LogP contribution in [0.1, 0.15) is 0 Å². The molecule has 0 atom stereocenters. The smallest absolute Gasteiger partial charge is 0.250 e. The summed E-state index contributed by atoms with van der Waals surface area (Å²) in [5, 5.41) is 4.64. The van der Waals surface area contributed by atoms with Gasteiger partial charge in [0.15, 0.2) is 5.96 Å². The molecule has 0 aliphatic carbocycles. The van der Waals surface area contributed by atoms with Crippen molar-refractivity contribution in [2.75, 3.05) is 18.4 Å². The molecule has 0 saturated heterocycles. The number of rotatable bonds is 6. The molecule has 1 aromatic carbocycles. The molecule has 1 heterocycles. The van der Waals surface area contributed by atoms with Crippen LogP contribution >= 0.6 is 35.3 Å². The highest BCUT2D eigenvalue weighted by molar-refractivity contribution is 14.0. The second-order valence-electron chi connectivity index (χ2n) is 4.09. The molecular formula is C13H17IN4O2S2. The average molecular weight is 452 g/mol. The van der Waals surface area contributed by atoms with Gasteiger partial charge in [-0.3, -0.25) is 4.99 Å². The number of sulfonamides is 1. The standard InChI is InChI=1S/C13H16N4O2S2.HI/c14-13(17-11-5-2-1-3-6-11)15-8-9-16-21(18,19)12-7-4-10-20-12;/h1-7,10,16H,8-9H2,(H3,14,15,17);1H. The van der Waals surface area contributed by atoms with E-state index in [2.05, 4.69) is 15.0 Å². The summed E-state index contributed by atoms with van der Waals surface area (Å²) in [5.74, 6) is 0.247. The van der Waals surface area contributed by atoms with Gasteiger partial charge in [0.2, 0.25) is 10.0 Å². The number of nitrogens with two attached hydrogens (primary N) is 1. The normalized spacial score (nSPS) is 11.7. The lowest BCUT2D eigenvalue weighted by molar-refractivity contribution is 0.584. The fourth-order valence-electron chi connectivity index (χ4n) is 1.55. The summed E-state index contributed by atoms with van der Waals surface area (Å²) >= 11 is 1.17. The molecule has 9 heteroatoms. The number of nitrogens with one attached hydrogen (secondary N) is 2. The zero-order valence-corrected chi connectivity index (χ0v) is 15.6. The van der Waals surface area contributed by atoms with Crippen molar-refractivity contribution in [3.8, 4) is 0 Å². The van der Waals surface area contributed by atoms with Crippen molar-refractivity contribution < 1.29 is 8.42 Å². The molecule has 0 bridgehead atoms. The minimum absolute atomic E-state index is 0. The van der Waals surface area contributed by atoms with Gasteiger partial charge in [-0.05, 0) is 23.6 Å². The van der Waals surface area contributed by atoms with Gasteiger partial charge in [0.25, 0.3) is 0 Å². The van der Waals surface area contributed by atoms with Crippen molar-refractivity contribution in [3.05, 3.63) is 47.8 Å². The molecule has 2 aromatic rings. The second-order valence-corrected chi connectivity index (χ2v) is 7.03. The van der Waals surface area contributed by atoms with Crippen LogP contribution < -0.4 is 15.8 Å².